The topological polar surface area (TPSA) is 51.2 Å². The number of hydrogen-bond acceptors (Lipinski definition) is 6. The van der Waals surface area contributed by atoms with Gasteiger partial charge < -0.3 is 14.2 Å². The normalized spacial score (nSPS) is 27.5. The Morgan fingerprint density at radius 3 is 2.56 bits per heavy atom. The second kappa shape index (κ2) is 8.18. The number of hydrogen-bond donors (Lipinski definition) is 0. The smallest absolute Gasteiger partial charge is 0.343 e. The van der Waals surface area contributed by atoms with Gasteiger partial charge in [0.15, 0.2) is 11.5 Å². The number of ether oxygens (including phenoxy) is 3. The standard InChI is InChI=1S/C25H27IN2O4/c26-20-4-2-1-3-17(20)15-27-11-13-28(14-12-27)18-7-9-25(10-8-18)19-5-6-21-23(31-16-30-21)22(19)24(29)32-25/h1-6,18H,7-16H2. The summed E-state index contributed by atoms with van der Waals surface area (Å²) in [5.41, 5.74) is 2.51. The fraction of sp³-hybridized carbons (Fsp3) is 0.480. The summed E-state index contributed by atoms with van der Waals surface area (Å²) in [4.78, 5) is 17.9. The first-order valence-corrected chi connectivity index (χ1v) is 12.6. The Hall–Kier alpha value is -1.84. The molecule has 1 saturated carbocycles. The van der Waals surface area contributed by atoms with Gasteiger partial charge in [0, 0.05) is 47.9 Å². The largest absolute Gasteiger partial charge is 0.454 e. The van der Waals surface area contributed by atoms with Gasteiger partial charge in [-0.3, -0.25) is 9.80 Å². The summed E-state index contributed by atoms with van der Waals surface area (Å²) in [6, 6.07) is 13.2. The van der Waals surface area contributed by atoms with Crippen molar-refractivity contribution in [2.24, 2.45) is 0 Å². The third kappa shape index (κ3) is 3.49. The molecule has 3 heterocycles. The first-order chi connectivity index (χ1) is 15.6. The molecule has 1 spiro atoms. The molecule has 168 valence electrons. The number of nitrogens with zero attached hydrogens (tertiary/aromatic N) is 2. The third-order valence-electron chi connectivity index (χ3n) is 7.56. The van der Waals surface area contributed by atoms with Crippen molar-refractivity contribution in [1.29, 1.82) is 0 Å². The van der Waals surface area contributed by atoms with E-state index in [1.165, 1.54) is 9.13 Å². The van der Waals surface area contributed by atoms with E-state index < -0.39 is 5.60 Å². The van der Waals surface area contributed by atoms with Crippen molar-refractivity contribution >= 4 is 28.6 Å². The van der Waals surface area contributed by atoms with Gasteiger partial charge in [-0.2, -0.15) is 0 Å². The summed E-state index contributed by atoms with van der Waals surface area (Å²) in [6.07, 6.45) is 3.85. The average molecular weight is 546 g/mol. The van der Waals surface area contributed by atoms with Gasteiger partial charge in [-0.1, -0.05) is 24.3 Å². The van der Waals surface area contributed by atoms with Gasteiger partial charge in [0.25, 0.3) is 0 Å². The lowest BCUT2D eigenvalue weighted by Gasteiger charge is -2.44. The second-order valence-corrected chi connectivity index (χ2v) is 10.4. The van der Waals surface area contributed by atoms with E-state index in [1.807, 2.05) is 12.1 Å². The van der Waals surface area contributed by atoms with Gasteiger partial charge in [0.2, 0.25) is 6.79 Å². The SMILES string of the molecule is O=C1OC2(CCC(N3CCN(Cc4ccccc4I)CC3)CC2)c2ccc3c(c21)OCO3. The zero-order chi connectivity index (χ0) is 21.7. The van der Waals surface area contributed by atoms with Crippen molar-refractivity contribution in [3.8, 4) is 11.5 Å². The quantitative estimate of drug-likeness (QED) is 0.426. The van der Waals surface area contributed by atoms with Gasteiger partial charge in [-0.15, -0.1) is 0 Å². The van der Waals surface area contributed by atoms with Crippen LogP contribution in [0.15, 0.2) is 36.4 Å². The Labute approximate surface area is 201 Å². The number of esters is 1. The fourth-order valence-electron chi connectivity index (χ4n) is 5.80. The molecule has 0 N–H and O–H groups in total. The van der Waals surface area contributed by atoms with Crippen LogP contribution in [0.3, 0.4) is 0 Å². The van der Waals surface area contributed by atoms with E-state index in [4.69, 9.17) is 14.2 Å². The molecule has 0 aromatic heterocycles. The van der Waals surface area contributed by atoms with Crippen LogP contribution in [0.2, 0.25) is 0 Å². The molecule has 0 bridgehead atoms. The molecule has 0 unspecified atom stereocenters. The molecular weight excluding hydrogens is 519 g/mol. The number of fused-ring (bicyclic) bond motifs is 4. The monoisotopic (exact) mass is 546 g/mol. The van der Waals surface area contributed by atoms with Crippen LogP contribution >= 0.6 is 22.6 Å². The van der Waals surface area contributed by atoms with Crippen molar-refractivity contribution in [2.45, 2.75) is 43.9 Å². The summed E-state index contributed by atoms with van der Waals surface area (Å²) >= 11 is 2.43. The molecule has 0 atom stereocenters. The van der Waals surface area contributed by atoms with Crippen LogP contribution in [-0.2, 0) is 16.9 Å². The molecule has 2 aromatic rings. The van der Waals surface area contributed by atoms with E-state index in [0.29, 0.717) is 23.1 Å². The maximum absolute atomic E-state index is 12.7. The predicted octanol–water partition coefficient (Wildman–Crippen LogP) is 4.15. The lowest BCUT2D eigenvalue weighted by atomic mass is 9.76. The molecule has 1 aliphatic carbocycles. The van der Waals surface area contributed by atoms with Crippen LogP contribution in [0, 0.1) is 3.57 Å². The third-order valence-corrected chi connectivity index (χ3v) is 8.61. The van der Waals surface area contributed by atoms with Gasteiger partial charge in [-0.05, 0) is 66.0 Å². The number of carbonyl (C=O) groups excluding carboxylic acids is 1. The first kappa shape index (κ1) is 20.7. The number of piperazine rings is 1. The molecule has 2 fully saturated rings. The molecule has 32 heavy (non-hydrogen) atoms. The van der Waals surface area contributed by atoms with Crippen molar-refractivity contribution in [3.63, 3.8) is 0 Å². The molecule has 6 nitrogen and oxygen atoms in total. The zero-order valence-electron chi connectivity index (χ0n) is 18.0. The minimum absolute atomic E-state index is 0.170. The van der Waals surface area contributed by atoms with E-state index in [0.717, 1.165) is 64.0 Å². The highest BCUT2D eigenvalue weighted by atomic mass is 127. The van der Waals surface area contributed by atoms with E-state index in [-0.39, 0.29) is 12.8 Å². The number of rotatable bonds is 3. The summed E-state index contributed by atoms with van der Waals surface area (Å²) in [6.45, 7) is 5.63. The molecular formula is C25H27IN2O4. The Balaban J connectivity index is 1.09. The van der Waals surface area contributed by atoms with Crippen LogP contribution in [0.1, 0.15) is 47.2 Å². The lowest BCUT2D eigenvalue weighted by molar-refractivity contribution is -0.0460. The van der Waals surface area contributed by atoms with Gasteiger partial charge in [0.05, 0.1) is 0 Å². The van der Waals surface area contributed by atoms with E-state index >= 15 is 0 Å². The fourth-order valence-corrected chi connectivity index (χ4v) is 6.36. The maximum Gasteiger partial charge on any atom is 0.343 e. The molecule has 6 rings (SSSR count). The maximum atomic E-state index is 12.7. The Kier molecular flexibility index (Phi) is 5.30. The van der Waals surface area contributed by atoms with Crippen LogP contribution in [0.5, 0.6) is 11.5 Å². The lowest BCUT2D eigenvalue weighted by Crippen LogP contribution is -2.51. The minimum Gasteiger partial charge on any atom is -0.454 e. The summed E-state index contributed by atoms with van der Waals surface area (Å²) in [5, 5.41) is 0. The predicted molar refractivity (Wildman–Crippen MR) is 128 cm³/mol. The highest BCUT2D eigenvalue weighted by Crippen LogP contribution is 2.52. The van der Waals surface area contributed by atoms with Gasteiger partial charge >= 0.3 is 5.97 Å². The summed E-state index contributed by atoms with van der Waals surface area (Å²) < 4.78 is 18.4. The molecule has 0 radical (unpaired) electrons. The highest BCUT2D eigenvalue weighted by molar-refractivity contribution is 14.1. The average Bonchev–Trinajstić information content (AvgIpc) is 3.39. The minimum atomic E-state index is -0.490. The van der Waals surface area contributed by atoms with E-state index in [9.17, 15) is 4.79 Å². The van der Waals surface area contributed by atoms with Crippen molar-refractivity contribution in [1.82, 2.24) is 9.80 Å². The summed E-state index contributed by atoms with van der Waals surface area (Å²) in [7, 11) is 0. The molecule has 4 aliphatic rings. The Bertz CT molecular complexity index is 1040. The van der Waals surface area contributed by atoms with Gasteiger partial charge in [0.1, 0.15) is 11.2 Å². The molecule has 1 saturated heterocycles. The molecule has 2 aromatic carbocycles. The van der Waals surface area contributed by atoms with Crippen molar-refractivity contribution < 1.29 is 19.0 Å². The zero-order valence-corrected chi connectivity index (χ0v) is 20.2. The van der Waals surface area contributed by atoms with Crippen LogP contribution in [0.4, 0.5) is 0 Å². The van der Waals surface area contributed by atoms with Crippen LogP contribution in [0.25, 0.3) is 0 Å². The van der Waals surface area contributed by atoms with E-state index in [2.05, 4.69) is 56.7 Å². The highest BCUT2D eigenvalue weighted by Gasteiger charge is 2.50. The van der Waals surface area contributed by atoms with E-state index in [1.54, 1.807) is 0 Å². The summed E-state index contributed by atoms with van der Waals surface area (Å²) in [5.74, 6) is 0.954. The first-order valence-electron chi connectivity index (χ1n) is 11.5. The van der Waals surface area contributed by atoms with Crippen LogP contribution < -0.4 is 9.47 Å². The van der Waals surface area contributed by atoms with Crippen molar-refractivity contribution in [3.05, 3.63) is 56.7 Å². The Morgan fingerprint density at radius 1 is 1.00 bits per heavy atom. The van der Waals surface area contributed by atoms with Crippen LogP contribution in [-0.4, -0.2) is 54.8 Å². The molecule has 0 amide bonds. The van der Waals surface area contributed by atoms with Crippen molar-refractivity contribution in [2.75, 3.05) is 33.0 Å². The Morgan fingerprint density at radius 2 is 1.78 bits per heavy atom. The van der Waals surface area contributed by atoms with Gasteiger partial charge in [-0.25, -0.2) is 4.79 Å². The molecule has 3 aliphatic heterocycles. The number of benzene rings is 2. The number of carbonyl (C=O) groups is 1. The number of halogens is 1. The second-order valence-electron chi connectivity index (χ2n) is 9.24. The molecule has 7 heteroatoms.